The van der Waals surface area contributed by atoms with E-state index in [1.165, 1.54) is 22.6 Å². The van der Waals surface area contributed by atoms with Crippen LogP contribution in [0.4, 0.5) is 0 Å². The van der Waals surface area contributed by atoms with Crippen molar-refractivity contribution in [3.8, 4) is 0 Å². The minimum Gasteiger partial charge on any atom is -0.103 e. The molecular weight excluding hydrogens is 156 g/mol. The zero-order valence-electron chi connectivity index (χ0n) is 8.72. The van der Waals surface area contributed by atoms with Crippen molar-refractivity contribution in [2.75, 3.05) is 0 Å². The van der Waals surface area contributed by atoms with E-state index >= 15 is 0 Å². The molecule has 0 aromatic heterocycles. The molecule has 1 aromatic rings. The van der Waals surface area contributed by atoms with Crippen LogP contribution in [0, 0.1) is 19.8 Å². The highest BCUT2D eigenvalue weighted by Gasteiger charge is 2.04. The van der Waals surface area contributed by atoms with Crippen molar-refractivity contribution >= 4 is 0 Å². The molecular formula is C13H17. The maximum absolute atomic E-state index is 3.75. The van der Waals surface area contributed by atoms with Gasteiger partial charge in [0.25, 0.3) is 0 Å². The van der Waals surface area contributed by atoms with Gasteiger partial charge in [0.15, 0.2) is 0 Å². The average molecular weight is 173 g/mol. The summed E-state index contributed by atoms with van der Waals surface area (Å²) < 4.78 is 0. The Hall–Kier alpha value is -1.04. The quantitative estimate of drug-likeness (QED) is 0.609. The van der Waals surface area contributed by atoms with Gasteiger partial charge in [-0.2, -0.15) is 0 Å². The fraction of sp³-hybridized carbons (Fsp3) is 0.308. The smallest absolute Gasteiger partial charge is 0.00562 e. The van der Waals surface area contributed by atoms with Crippen LogP contribution in [0.15, 0.2) is 30.9 Å². The summed E-state index contributed by atoms with van der Waals surface area (Å²) in [5.41, 5.74) is 4.05. The molecule has 13 heavy (non-hydrogen) atoms. The maximum atomic E-state index is 3.75. The van der Waals surface area contributed by atoms with Crippen LogP contribution < -0.4 is 0 Å². The van der Waals surface area contributed by atoms with Gasteiger partial charge in [-0.1, -0.05) is 31.2 Å². The van der Waals surface area contributed by atoms with Crippen molar-refractivity contribution in [1.29, 1.82) is 0 Å². The van der Waals surface area contributed by atoms with Crippen molar-refractivity contribution in [2.45, 2.75) is 27.2 Å². The van der Waals surface area contributed by atoms with E-state index in [9.17, 15) is 0 Å². The molecule has 1 aromatic carbocycles. The Kier molecular flexibility index (Phi) is 3.30. The molecule has 69 valence electrons. The molecule has 0 saturated carbocycles. The van der Waals surface area contributed by atoms with Crippen molar-refractivity contribution < 1.29 is 0 Å². The molecule has 0 spiro atoms. The first-order valence-electron chi connectivity index (χ1n) is 4.66. The van der Waals surface area contributed by atoms with E-state index in [1.54, 1.807) is 0 Å². The summed E-state index contributed by atoms with van der Waals surface area (Å²) >= 11 is 0. The van der Waals surface area contributed by atoms with Gasteiger partial charge in [-0.15, -0.1) is 6.58 Å². The molecule has 0 aliphatic rings. The van der Waals surface area contributed by atoms with E-state index in [0.29, 0.717) is 0 Å². The fourth-order valence-corrected chi connectivity index (χ4v) is 1.34. The number of hydrogen-bond donors (Lipinski definition) is 0. The molecule has 0 unspecified atom stereocenters. The average Bonchev–Trinajstić information content (AvgIpc) is 2.10. The molecule has 0 nitrogen and oxygen atoms in total. The molecule has 0 saturated heterocycles. The molecule has 0 heteroatoms. The lowest BCUT2D eigenvalue weighted by Crippen LogP contribution is -1.94. The van der Waals surface area contributed by atoms with Crippen LogP contribution >= 0.6 is 0 Å². The third-order valence-corrected chi connectivity index (χ3v) is 2.45. The second kappa shape index (κ2) is 4.27. The standard InChI is InChI=1S/C13H17/c1-5-6-11(3)13-8-7-10(2)12(4)9-13/h5,7-9H,1,6H2,2-4H3. The van der Waals surface area contributed by atoms with Crippen LogP contribution in [0.25, 0.3) is 0 Å². The zero-order chi connectivity index (χ0) is 9.84. The summed E-state index contributed by atoms with van der Waals surface area (Å²) in [6.07, 6.45) is 2.92. The molecule has 0 aliphatic heterocycles. The Morgan fingerprint density at radius 1 is 1.31 bits per heavy atom. The third-order valence-electron chi connectivity index (χ3n) is 2.45. The Morgan fingerprint density at radius 3 is 2.54 bits per heavy atom. The van der Waals surface area contributed by atoms with Gasteiger partial charge in [0, 0.05) is 5.92 Å². The van der Waals surface area contributed by atoms with Crippen molar-refractivity contribution in [2.24, 2.45) is 0 Å². The summed E-state index contributed by atoms with van der Waals surface area (Å²) in [5.74, 6) is 1.39. The van der Waals surface area contributed by atoms with E-state index in [1.807, 2.05) is 6.08 Å². The molecule has 0 amide bonds. The molecule has 0 fully saturated rings. The predicted octanol–water partition coefficient (Wildman–Crippen LogP) is 3.82. The second-order valence-electron chi connectivity index (χ2n) is 3.57. The van der Waals surface area contributed by atoms with Gasteiger partial charge >= 0.3 is 0 Å². The third kappa shape index (κ3) is 2.45. The van der Waals surface area contributed by atoms with Gasteiger partial charge in [0.1, 0.15) is 0 Å². The molecule has 0 N–H and O–H groups in total. The molecule has 0 atom stereocenters. The van der Waals surface area contributed by atoms with Crippen molar-refractivity contribution in [1.82, 2.24) is 0 Å². The minimum atomic E-state index is 0.975. The lowest BCUT2D eigenvalue weighted by molar-refractivity contribution is 1.03. The van der Waals surface area contributed by atoms with Crippen LogP contribution in [0.1, 0.15) is 30.0 Å². The van der Waals surface area contributed by atoms with E-state index in [-0.39, 0.29) is 0 Å². The SMILES string of the molecule is C=CC[C](C)c1ccc(C)c(C)c1. The molecule has 1 radical (unpaired) electrons. The highest BCUT2D eigenvalue weighted by molar-refractivity contribution is 5.37. The molecule has 0 heterocycles. The van der Waals surface area contributed by atoms with E-state index in [4.69, 9.17) is 0 Å². The minimum absolute atomic E-state index is 0.975. The van der Waals surface area contributed by atoms with Crippen LogP contribution in [-0.4, -0.2) is 0 Å². The number of rotatable bonds is 3. The van der Waals surface area contributed by atoms with E-state index < -0.39 is 0 Å². The largest absolute Gasteiger partial charge is 0.103 e. The normalized spacial score (nSPS) is 10.5. The Balaban J connectivity index is 2.89. The zero-order valence-corrected chi connectivity index (χ0v) is 8.72. The van der Waals surface area contributed by atoms with Gasteiger partial charge in [-0.25, -0.2) is 0 Å². The van der Waals surface area contributed by atoms with Crippen molar-refractivity contribution in [3.63, 3.8) is 0 Å². The summed E-state index contributed by atoms with van der Waals surface area (Å²) in [7, 11) is 0. The van der Waals surface area contributed by atoms with Gasteiger partial charge in [0.05, 0.1) is 0 Å². The highest BCUT2D eigenvalue weighted by Crippen LogP contribution is 2.20. The van der Waals surface area contributed by atoms with Crippen LogP contribution in [0.2, 0.25) is 0 Å². The maximum Gasteiger partial charge on any atom is 0.00562 e. The van der Waals surface area contributed by atoms with Crippen LogP contribution in [0.5, 0.6) is 0 Å². The van der Waals surface area contributed by atoms with Crippen LogP contribution in [0.3, 0.4) is 0 Å². The lowest BCUT2D eigenvalue weighted by Gasteiger charge is -2.10. The topological polar surface area (TPSA) is 0 Å². The Labute approximate surface area is 81.3 Å². The number of benzene rings is 1. The monoisotopic (exact) mass is 173 g/mol. The van der Waals surface area contributed by atoms with E-state index in [0.717, 1.165) is 6.42 Å². The first-order chi connectivity index (χ1) is 6.15. The Bertz CT molecular complexity index is 297. The first-order valence-corrected chi connectivity index (χ1v) is 4.66. The molecule has 0 bridgehead atoms. The highest BCUT2D eigenvalue weighted by atomic mass is 14.1. The van der Waals surface area contributed by atoms with Crippen LogP contribution in [-0.2, 0) is 0 Å². The van der Waals surface area contributed by atoms with Gasteiger partial charge in [-0.05, 0) is 37.0 Å². The summed E-state index contributed by atoms with van der Waals surface area (Å²) in [4.78, 5) is 0. The fourth-order valence-electron chi connectivity index (χ4n) is 1.34. The van der Waals surface area contributed by atoms with Gasteiger partial charge in [0.2, 0.25) is 0 Å². The Morgan fingerprint density at radius 2 is 2.00 bits per heavy atom. The number of allylic oxidation sites excluding steroid dienone is 1. The summed E-state index contributed by atoms with van der Waals surface area (Å²) in [6, 6.07) is 6.60. The van der Waals surface area contributed by atoms with Gasteiger partial charge < -0.3 is 0 Å². The first kappa shape index (κ1) is 10.0. The molecule has 0 aliphatic carbocycles. The predicted molar refractivity (Wildman–Crippen MR) is 58.7 cm³/mol. The summed E-state index contributed by atoms with van der Waals surface area (Å²) in [6.45, 7) is 10.2. The summed E-state index contributed by atoms with van der Waals surface area (Å²) in [5, 5.41) is 0. The number of hydrogen-bond acceptors (Lipinski definition) is 0. The van der Waals surface area contributed by atoms with Crippen molar-refractivity contribution in [3.05, 3.63) is 53.5 Å². The molecule has 1 rings (SSSR count). The number of aryl methyl sites for hydroxylation is 2. The lowest BCUT2D eigenvalue weighted by atomic mass is 9.95. The van der Waals surface area contributed by atoms with Gasteiger partial charge in [-0.3, -0.25) is 0 Å². The second-order valence-corrected chi connectivity index (χ2v) is 3.57. The van der Waals surface area contributed by atoms with E-state index in [2.05, 4.69) is 45.5 Å².